The summed E-state index contributed by atoms with van der Waals surface area (Å²) in [6, 6.07) is 6.97. The molecule has 150 valence electrons. The van der Waals surface area contributed by atoms with Gasteiger partial charge in [-0.15, -0.1) is 0 Å². The van der Waals surface area contributed by atoms with Crippen LogP contribution in [0, 0.1) is 0 Å². The number of allylic oxidation sites excluding steroid dienone is 1. The van der Waals surface area contributed by atoms with E-state index in [9.17, 15) is 14.4 Å². The highest BCUT2D eigenvalue weighted by molar-refractivity contribution is 6.32. The van der Waals surface area contributed by atoms with E-state index in [1.807, 2.05) is 6.07 Å². The maximum Gasteiger partial charge on any atom is 0.356 e. The molecule has 2 aliphatic rings. The average Bonchev–Trinajstić information content (AvgIpc) is 2.64. The minimum Gasteiger partial charge on any atom is -0.455 e. The van der Waals surface area contributed by atoms with Crippen LogP contribution >= 0.6 is 11.6 Å². The molecule has 2 heterocycles. The molecule has 1 unspecified atom stereocenters. The van der Waals surface area contributed by atoms with Crippen molar-refractivity contribution in [3.8, 4) is 0 Å². The van der Waals surface area contributed by atoms with Crippen molar-refractivity contribution in [2.24, 2.45) is 5.73 Å². The van der Waals surface area contributed by atoms with Crippen molar-refractivity contribution >= 4 is 29.4 Å². The van der Waals surface area contributed by atoms with Gasteiger partial charge in [0.05, 0.1) is 6.04 Å². The number of ether oxygens (including phenoxy) is 1. The second kappa shape index (κ2) is 7.56. The van der Waals surface area contributed by atoms with Gasteiger partial charge in [-0.2, -0.15) is 0 Å². The fraction of sp³-hybridized carbons (Fsp3) is 0.450. The average molecular weight is 406 g/mol. The van der Waals surface area contributed by atoms with Crippen LogP contribution in [0.5, 0.6) is 0 Å². The Balaban J connectivity index is 1.71. The lowest BCUT2D eigenvalue weighted by Gasteiger charge is -2.50. The summed E-state index contributed by atoms with van der Waals surface area (Å²) < 4.78 is 5.38. The van der Waals surface area contributed by atoms with Gasteiger partial charge < -0.3 is 15.8 Å². The summed E-state index contributed by atoms with van der Waals surface area (Å²) in [5.41, 5.74) is 6.02. The van der Waals surface area contributed by atoms with Gasteiger partial charge in [-0.25, -0.2) is 4.79 Å². The van der Waals surface area contributed by atoms with E-state index in [1.54, 1.807) is 45.0 Å². The molecule has 8 heteroatoms. The van der Waals surface area contributed by atoms with Crippen molar-refractivity contribution in [3.05, 3.63) is 46.6 Å². The number of hydrogen-bond acceptors (Lipinski definition) is 5. The largest absolute Gasteiger partial charge is 0.455 e. The van der Waals surface area contributed by atoms with Gasteiger partial charge in [0.15, 0.2) is 0 Å². The lowest BCUT2D eigenvalue weighted by Crippen LogP contribution is -2.72. The lowest BCUT2D eigenvalue weighted by atomic mass is 9.86. The Morgan fingerprint density at radius 2 is 1.93 bits per heavy atom. The van der Waals surface area contributed by atoms with E-state index in [2.05, 4.69) is 5.32 Å². The maximum absolute atomic E-state index is 12.7. The summed E-state index contributed by atoms with van der Waals surface area (Å²) in [7, 11) is 0. The molecule has 0 saturated carbocycles. The van der Waals surface area contributed by atoms with Crippen LogP contribution in [0.15, 0.2) is 41.1 Å². The summed E-state index contributed by atoms with van der Waals surface area (Å²) >= 11 is 6.23. The zero-order valence-corrected chi connectivity index (χ0v) is 16.8. The predicted molar refractivity (Wildman–Crippen MR) is 104 cm³/mol. The second-order valence-corrected chi connectivity index (χ2v) is 8.40. The second-order valence-electron chi connectivity index (χ2n) is 7.94. The van der Waals surface area contributed by atoms with E-state index >= 15 is 0 Å². The zero-order chi connectivity index (χ0) is 20.6. The predicted octanol–water partition coefficient (Wildman–Crippen LogP) is 1.97. The SMILES string of the molecule is CC(C)(C)OC(=O)C1=C(Cl)CCC2[C@H](NC(=O)[C@H](N)c3ccccc3)C(=O)N12. The molecule has 2 aliphatic heterocycles. The molecule has 1 aromatic rings. The molecular weight excluding hydrogens is 382 g/mol. The maximum atomic E-state index is 12.7. The molecule has 1 fully saturated rings. The Kier molecular flexibility index (Phi) is 5.50. The Bertz CT molecular complexity index is 832. The highest BCUT2D eigenvalue weighted by Gasteiger charge is 2.54. The molecule has 3 rings (SSSR count). The first kappa shape index (κ1) is 20.4. The van der Waals surface area contributed by atoms with Crippen molar-refractivity contribution in [3.63, 3.8) is 0 Å². The van der Waals surface area contributed by atoms with E-state index < -0.39 is 35.5 Å². The minimum absolute atomic E-state index is 0.0655. The number of esters is 1. The highest BCUT2D eigenvalue weighted by atomic mass is 35.5. The van der Waals surface area contributed by atoms with Crippen LogP contribution in [0.1, 0.15) is 45.2 Å². The Labute approximate surface area is 168 Å². The summed E-state index contributed by atoms with van der Waals surface area (Å²) in [5, 5.41) is 3.01. The lowest BCUT2D eigenvalue weighted by molar-refractivity contribution is -0.162. The monoisotopic (exact) mass is 405 g/mol. The number of nitrogens with one attached hydrogen (secondary N) is 1. The number of fused-ring (bicyclic) bond motifs is 1. The molecule has 0 radical (unpaired) electrons. The molecule has 0 aromatic heterocycles. The van der Waals surface area contributed by atoms with Gasteiger partial charge in [0.1, 0.15) is 23.4 Å². The first-order chi connectivity index (χ1) is 13.1. The number of nitrogens with zero attached hydrogens (tertiary/aromatic N) is 1. The number of nitrogens with two attached hydrogens (primary N) is 1. The third-order valence-corrected chi connectivity index (χ3v) is 5.08. The van der Waals surface area contributed by atoms with Crippen molar-refractivity contribution in [2.45, 2.75) is 57.3 Å². The standard InChI is InChI=1S/C20H24ClN3O4/c1-20(2,3)28-19(27)16-12(21)9-10-13-15(18(26)24(13)16)23-17(25)14(22)11-7-5-4-6-8-11/h4-8,13-15H,9-10,22H2,1-3H3,(H,23,25)/t13?,14-,15+/m1/s1. The third-order valence-electron chi connectivity index (χ3n) is 4.71. The van der Waals surface area contributed by atoms with Crippen LogP contribution in [0.3, 0.4) is 0 Å². The van der Waals surface area contributed by atoms with E-state index in [1.165, 1.54) is 4.90 Å². The van der Waals surface area contributed by atoms with E-state index in [0.29, 0.717) is 23.4 Å². The number of rotatable bonds is 4. The number of carbonyl (C=O) groups is 3. The number of hydrogen-bond donors (Lipinski definition) is 2. The first-order valence-corrected chi connectivity index (χ1v) is 9.54. The van der Waals surface area contributed by atoms with E-state index in [0.717, 1.165) is 0 Å². The van der Waals surface area contributed by atoms with Crippen LogP contribution in [0.2, 0.25) is 0 Å². The van der Waals surface area contributed by atoms with E-state index in [4.69, 9.17) is 22.1 Å². The first-order valence-electron chi connectivity index (χ1n) is 9.16. The van der Waals surface area contributed by atoms with Gasteiger partial charge in [-0.05, 0) is 39.2 Å². The fourth-order valence-electron chi connectivity index (χ4n) is 3.39. The van der Waals surface area contributed by atoms with Crippen molar-refractivity contribution < 1.29 is 19.1 Å². The van der Waals surface area contributed by atoms with Gasteiger partial charge in [0.25, 0.3) is 5.91 Å². The molecule has 7 nitrogen and oxygen atoms in total. The summed E-state index contributed by atoms with van der Waals surface area (Å²) in [6.07, 6.45) is 0.976. The highest BCUT2D eigenvalue weighted by Crippen LogP contribution is 2.39. The number of β-lactam (4-membered cyclic amide) rings is 1. The van der Waals surface area contributed by atoms with Crippen LogP contribution in [-0.2, 0) is 19.1 Å². The van der Waals surface area contributed by atoms with Crippen LogP contribution in [-0.4, -0.2) is 40.4 Å². The molecule has 0 spiro atoms. The van der Waals surface area contributed by atoms with Gasteiger partial charge in [0, 0.05) is 5.03 Å². The van der Waals surface area contributed by atoms with E-state index in [-0.39, 0.29) is 11.7 Å². The van der Waals surface area contributed by atoms with Crippen molar-refractivity contribution in [1.82, 2.24) is 10.2 Å². The van der Waals surface area contributed by atoms with Gasteiger partial charge >= 0.3 is 5.97 Å². The number of halogens is 1. The van der Waals surface area contributed by atoms with Crippen LogP contribution < -0.4 is 11.1 Å². The molecule has 1 saturated heterocycles. The number of benzene rings is 1. The normalized spacial score (nSPS) is 22.9. The third kappa shape index (κ3) is 3.91. The Hall–Kier alpha value is -2.38. The zero-order valence-electron chi connectivity index (χ0n) is 16.1. The van der Waals surface area contributed by atoms with Gasteiger partial charge in [0.2, 0.25) is 5.91 Å². The summed E-state index contributed by atoms with van der Waals surface area (Å²) in [5.74, 6) is -1.47. The Morgan fingerprint density at radius 1 is 1.29 bits per heavy atom. The molecule has 0 aliphatic carbocycles. The molecule has 3 N–H and O–H groups in total. The van der Waals surface area contributed by atoms with Gasteiger partial charge in [-0.1, -0.05) is 41.9 Å². The smallest absolute Gasteiger partial charge is 0.356 e. The fourth-order valence-corrected chi connectivity index (χ4v) is 3.67. The minimum atomic E-state index is -0.879. The van der Waals surface area contributed by atoms with Crippen LogP contribution in [0.4, 0.5) is 0 Å². The molecule has 0 bridgehead atoms. The summed E-state index contributed by atoms with van der Waals surface area (Å²) in [6.45, 7) is 5.22. The number of carbonyl (C=O) groups excluding carboxylic acids is 3. The quantitative estimate of drug-likeness (QED) is 0.589. The van der Waals surface area contributed by atoms with Crippen molar-refractivity contribution in [1.29, 1.82) is 0 Å². The van der Waals surface area contributed by atoms with Gasteiger partial charge in [-0.3, -0.25) is 14.5 Å². The van der Waals surface area contributed by atoms with Crippen molar-refractivity contribution in [2.75, 3.05) is 0 Å². The molecule has 3 atom stereocenters. The molecule has 2 amide bonds. The summed E-state index contributed by atoms with van der Waals surface area (Å²) in [4.78, 5) is 39.0. The Morgan fingerprint density at radius 3 is 2.54 bits per heavy atom. The topological polar surface area (TPSA) is 102 Å². The number of amides is 2. The molecule has 28 heavy (non-hydrogen) atoms. The molecular formula is C20H24ClN3O4. The van der Waals surface area contributed by atoms with Crippen LogP contribution in [0.25, 0.3) is 0 Å². The molecule has 1 aromatic carbocycles.